The van der Waals surface area contributed by atoms with Crippen LogP contribution in [0.5, 0.6) is 0 Å². The Kier molecular flexibility index (Phi) is 2.78. The Labute approximate surface area is 111 Å². The molecule has 2 unspecified atom stereocenters. The van der Waals surface area contributed by atoms with Crippen molar-refractivity contribution in [3.05, 3.63) is 29.3 Å². The number of nitrogen functional groups attached to an aromatic ring is 1. The number of hydrogen-bond donors (Lipinski definition) is 1. The van der Waals surface area contributed by atoms with Crippen molar-refractivity contribution in [2.24, 2.45) is 0 Å². The fourth-order valence-electron chi connectivity index (χ4n) is 2.87. The number of rotatable bonds is 1. The number of imide groups is 1. The Bertz CT molecular complexity index is 556. The van der Waals surface area contributed by atoms with Gasteiger partial charge in [0.15, 0.2) is 0 Å². The molecule has 0 aliphatic carbocycles. The van der Waals surface area contributed by atoms with Gasteiger partial charge in [0.05, 0.1) is 17.2 Å². The highest BCUT2D eigenvalue weighted by molar-refractivity contribution is 6.23. The van der Waals surface area contributed by atoms with Crippen LogP contribution in [0.4, 0.5) is 5.69 Å². The molecule has 2 heterocycles. The maximum absolute atomic E-state index is 12.4. The smallest absolute Gasteiger partial charge is 0.263 e. The molecule has 3 rings (SSSR count). The zero-order valence-corrected chi connectivity index (χ0v) is 10.8. The lowest BCUT2D eigenvalue weighted by Gasteiger charge is -2.32. The third-order valence-electron chi connectivity index (χ3n) is 3.80. The van der Waals surface area contributed by atoms with E-state index in [4.69, 9.17) is 10.5 Å². The molecule has 2 aliphatic rings. The molecule has 5 heteroatoms. The second-order valence-corrected chi connectivity index (χ2v) is 5.11. The highest BCUT2D eigenvalue weighted by Crippen LogP contribution is 2.32. The van der Waals surface area contributed by atoms with Gasteiger partial charge in [0.25, 0.3) is 11.8 Å². The summed E-state index contributed by atoms with van der Waals surface area (Å²) < 4.78 is 5.46. The van der Waals surface area contributed by atoms with Crippen LogP contribution in [-0.4, -0.2) is 35.5 Å². The number of nitrogens with two attached hydrogens (primary N) is 1. The van der Waals surface area contributed by atoms with E-state index in [2.05, 4.69) is 0 Å². The van der Waals surface area contributed by atoms with Crippen molar-refractivity contribution >= 4 is 17.5 Å². The van der Waals surface area contributed by atoms with Crippen LogP contribution in [0.1, 0.15) is 40.5 Å². The van der Waals surface area contributed by atoms with Gasteiger partial charge in [0.1, 0.15) is 0 Å². The lowest BCUT2D eigenvalue weighted by Crippen LogP contribution is -2.44. The topological polar surface area (TPSA) is 72.6 Å². The van der Waals surface area contributed by atoms with Crippen LogP contribution in [0.25, 0.3) is 0 Å². The molecule has 0 aromatic heterocycles. The van der Waals surface area contributed by atoms with E-state index in [1.54, 1.807) is 18.2 Å². The monoisotopic (exact) mass is 260 g/mol. The quantitative estimate of drug-likeness (QED) is 0.612. The van der Waals surface area contributed by atoms with Gasteiger partial charge < -0.3 is 10.5 Å². The second-order valence-electron chi connectivity index (χ2n) is 5.11. The van der Waals surface area contributed by atoms with Crippen LogP contribution in [-0.2, 0) is 4.74 Å². The molecule has 1 fully saturated rings. The van der Waals surface area contributed by atoms with Gasteiger partial charge >= 0.3 is 0 Å². The van der Waals surface area contributed by atoms with Gasteiger partial charge in [-0.2, -0.15) is 0 Å². The molecular formula is C14H16N2O3. The first kappa shape index (κ1) is 12.2. The number of ether oxygens (including phenoxy) is 1. The van der Waals surface area contributed by atoms with Crippen LogP contribution in [0.15, 0.2) is 18.2 Å². The summed E-state index contributed by atoms with van der Waals surface area (Å²) in [5, 5.41) is 0. The predicted octanol–water partition coefficient (Wildman–Crippen LogP) is 1.43. The molecule has 2 N–H and O–H groups in total. The van der Waals surface area contributed by atoms with E-state index in [9.17, 15) is 9.59 Å². The van der Waals surface area contributed by atoms with E-state index in [1.807, 2.05) is 6.92 Å². The minimum atomic E-state index is -0.266. The fraction of sp³-hybridized carbons (Fsp3) is 0.429. The number of anilines is 1. The van der Waals surface area contributed by atoms with Crippen molar-refractivity contribution in [2.75, 3.05) is 12.3 Å². The van der Waals surface area contributed by atoms with Gasteiger partial charge in [-0.15, -0.1) is 0 Å². The van der Waals surface area contributed by atoms with E-state index in [0.717, 1.165) is 0 Å². The summed E-state index contributed by atoms with van der Waals surface area (Å²) in [6.45, 7) is 2.54. The van der Waals surface area contributed by atoms with E-state index in [-0.39, 0.29) is 24.0 Å². The first-order valence-corrected chi connectivity index (χ1v) is 6.47. The molecule has 19 heavy (non-hydrogen) atoms. The normalized spacial score (nSPS) is 26.7. The van der Waals surface area contributed by atoms with Gasteiger partial charge in [0.2, 0.25) is 0 Å². The van der Waals surface area contributed by atoms with Crippen LogP contribution < -0.4 is 5.73 Å². The average Bonchev–Trinajstić information content (AvgIpc) is 2.63. The number of nitrogens with zero attached hydrogens (tertiary/aromatic N) is 1. The van der Waals surface area contributed by atoms with E-state index in [0.29, 0.717) is 36.3 Å². The van der Waals surface area contributed by atoms with E-state index < -0.39 is 0 Å². The van der Waals surface area contributed by atoms with Crippen molar-refractivity contribution in [1.29, 1.82) is 0 Å². The predicted molar refractivity (Wildman–Crippen MR) is 69.8 cm³/mol. The lowest BCUT2D eigenvalue weighted by atomic mass is 10.0. The molecule has 1 aromatic carbocycles. The molecule has 2 aliphatic heterocycles. The molecule has 2 amide bonds. The second kappa shape index (κ2) is 4.35. The SMILES string of the molecule is CC1CC(N2C(=O)c3cccc(N)c3C2=O)CCO1. The molecular weight excluding hydrogens is 244 g/mol. The fourth-order valence-corrected chi connectivity index (χ4v) is 2.87. The van der Waals surface area contributed by atoms with Gasteiger partial charge in [0, 0.05) is 18.3 Å². The zero-order chi connectivity index (χ0) is 13.6. The summed E-state index contributed by atoms with van der Waals surface area (Å²) in [5.74, 6) is -0.497. The maximum atomic E-state index is 12.4. The molecule has 1 saturated heterocycles. The van der Waals surface area contributed by atoms with Crippen molar-refractivity contribution in [1.82, 2.24) is 4.90 Å². The van der Waals surface area contributed by atoms with Crippen molar-refractivity contribution in [3.63, 3.8) is 0 Å². The summed E-state index contributed by atoms with van der Waals surface area (Å²) in [7, 11) is 0. The molecule has 5 nitrogen and oxygen atoms in total. The number of amides is 2. The number of fused-ring (bicyclic) bond motifs is 1. The van der Waals surface area contributed by atoms with Crippen LogP contribution >= 0.6 is 0 Å². The van der Waals surface area contributed by atoms with Crippen LogP contribution in [0.3, 0.4) is 0 Å². The van der Waals surface area contributed by atoms with Crippen molar-refractivity contribution in [2.45, 2.75) is 31.9 Å². The molecule has 1 aromatic rings. The summed E-state index contributed by atoms with van der Waals surface area (Å²) in [4.78, 5) is 26.2. The number of carbonyl (C=O) groups excluding carboxylic acids is 2. The van der Waals surface area contributed by atoms with Crippen molar-refractivity contribution < 1.29 is 14.3 Å². The molecule has 0 spiro atoms. The van der Waals surface area contributed by atoms with Gasteiger partial charge in [-0.25, -0.2) is 0 Å². The molecule has 0 radical (unpaired) electrons. The van der Waals surface area contributed by atoms with Crippen LogP contribution in [0, 0.1) is 0 Å². The van der Waals surface area contributed by atoms with Crippen LogP contribution in [0.2, 0.25) is 0 Å². The minimum Gasteiger partial charge on any atom is -0.398 e. The Hall–Kier alpha value is -1.88. The van der Waals surface area contributed by atoms with Gasteiger partial charge in [-0.05, 0) is 31.9 Å². The third kappa shape index (κ3) is 1.81. The highest BCUT2D eigenvalue weighted by Gasteiger charge is 2.42. The highest BCUT2D eigenvalue weighted by atomic mass is 16.5. The Morgan fingerprint density at radius 1 is 1.32 bits per heavy atom. The summed E-state index contributed by atoms with van der Waals surface area (Å²) >= 11 is 0. The molecule has 2 atom stereocenters. The molecule has 0 saturated carbocycles. The third-order valence-corrected chi connectivity index (χ3v) is 3.80. The lowest BCUT2D eigenvalue weighted by molar-refractivity contribution is -0.00868. The average molecular weight is 260 g/mol. The standard InChI is InChI=1S/C14H16N2O3/c1-8-7-9(5-6-19-8)16-13(17)10-3-2-4-11(15)12(10)14(16)18/h2-4,8-9H,5-7,15H2,1H3. The minimum absolute atomic E-state index is 0.0698. The van der Waals surface area contributed by atoms with Crippen molar-refractivity contribution in [3.8, 4) is 0 Å². The van der Waals surface area contributed by atoms with E-state index in [1.165, 1.54) is 4.90 Å². The molecule has 100 valence electrons. The Balaban J connectivity index is 1.96. The number of benzene rings is 1. The Morgan fingerprint density at radius 2 is 2.11 bits per heavy atom. The summed E-state index contributed by atoms with van der Waals surface area (Å²) in [5.41, 5.74) is 6.97. The maximum Gasteiger partial charge on any atom is 0.263 e. The number of hydrogen-bond acceptors (Lipinski definition) is 4. The first-order chi connectivity index (χ1) is 9.09. The summed E-state index contributed by atoms with van der Waals surface area (Å²) in [6.07, 6.45) is 1.45. The van der Waals surface area contributed by atoms with E-state index >= 15 is 0 Å². The molecule has 0 bridgehead atoms. The number of carbonyl (C=O) groups is 2. The first-order valence-electron chi connectivity index (χ1n) is 6.47. The Morgan fingerprint density at radius 3 is 2.79 bits per heavy atom. The zero-order valence-electron chi connectivity index (χ0n) is 10.8. The summed E-state index contributed by atoms with van der Waals surface area (Å²) in [6, 6.07) is 4.93. The largest absolute Gasteiger partial charge is 0.398 e. The van der Waals surface area contributed by atoms with Gasteiger partial charge in [-0.1, -0.05) is 6.07 Å². The van der Waals surface area contributed by atoms with Gasteiger partial charge in [-0.3, -0.25) is 14.5 Å².